The van der Waals surface area contributed by atoms with Crippen molar-refractivity contribution in [1.82, 2.24) is 0 Å². The highest BCUT2D eigenvalue weighted by Gasteiger charge is 2.40. The minimum atomic E-state index is -2.34. The topological polar surface area (TPSA) is 92.8 Å². The molecule has 1 amide bonds. The molecule has 1 aliphatic heterocycles. The van der Waals surface area contributed by atoms with Crippen LogP contribution in [0.2, 0.25) is 0 Å². The fraction of sp³-hybridized carbons (Fsp3) is 0.200. The van der Waals surface area contributed by atoms with Gasteiger partial charge in [-0.15, -0.1) is 0 Å². The largest absolute Gasteiger partial charge is 0.368 e. The van der Waals surface area contributed by atoms with Crippen LogP contribution in [0.3, 0.4) is 0 Å². The van der Waals surface area contributed by atoms with E-state index in [1.807, 2.05) is 0 Å². The molecule has 1 aliphatic rings. The highest BCUT2D eigenvalue weighted by Crippen LogP contribution is 2.16. The van der Waals surface area contributed by atoms with Crippen molar-refractivity contribution in [2.45, 2.75) is 4.75 Å². The summed E-state index contributed by atoms with van der Waals surface area (Å²) in [5.41, 5.74) is 4.90. The zero-order valence-corrected chi connectivity index (χ0v) is 6.25. The maximum atomic E-state index is 10.7. The van der Waals surface area contributed by atoms with Crippen LogP contribution < -0.4 is 5.73 Å². The van der Waals surface area contributed by atoms with Gasteiger partial charge in [0.1, 0.15) is 0 Å². The van der Waals surface area contributed by atoms with E-state index in [-0.39, 0.29) is 0 Å². The van der Waals surface area contributed by atoms with Crippen molar-refractivity contribution in [3.05, 3.63) is 12.3 Å². The van der Waals surface area contributed by atoms with E-state index < -0.39 is 21.7 Å². The molecule has 2 atom stereocenters. The molecule has 11 heavy (non-hydrogen) atoms. The molecule has 1 heterocycles. The summed E-state index contributed by atoms with van der Waals surface area (Å²) in [5, 5.41) is 0. The fourth-order valence-electron chi connectivity index (χ4n) is 0.686. The van der Waals surface area contributed by atoms with Crippen LogP contribution in [-0.4, -0.2) is 25.6 Å². The van der Waals surface area contributed by atoms with Gasteiger partial charge in [-0.1, -0.05) is 0 Å². The lowest BCUT2D eigenvalue weighted by Crippen LogP contribution is -2.46. The highest BCUT2D eigenvalue weighted by molar-refractivity contribution is 7.82. The fourth-order valence-corrected chi connectivity index (χ4v) is 1.19. The Morgan fingerprint density at radius 2 is 2.36 bits per heavy atom. The monoisotopic (exact) mass is 174 g/mol. The Balaban J connectivity index is 3.09. The van der Waals surface area contributed by atoms with Crippen LogP contribution in [-0.2, 0) is 15.9 Å². The number of aliphatic imine (C=N–C) groups is 1. The van der Waals surface area contributed by atoms with Crippen LogP contribution in [0.5, 0.6) is 0 Å². The van der Waals surface area contributed by atoms with E-state index >= 15 is 0 Å². The maximum Gasteiger partial charge on any atom is 0.248 e. The number of rotatable bonds is 2. The second kappa shape index (κ2) is 2.55. The van der Waals surface area contributed by atoms with Crippen LogP contribution in [0.4, 0.5) is 0 Å². The number of hydrogen-bond donors (Lipinski definition) is 2. The van der Waals surface area contributed by atoms with E-state index in [9.17, 15) is 9.00 Å². The van der Waals surface area contributed by atoms with Crippen LogP contribution in [0.1, 0.15) is 0 Å². The summed E-state index contributed by atoms with van der Waals surface area (Å²) in [6.07, 6.45) is 3.52. The lowest BCUT2D eigenvalue weighted by molar-refractivity contribution is -0.117. The number of carbonyl (C=O) groups is 1. The van der Waals surface area contributed by atoms with Crippen LogP contribution in [0.25, 0.3) is 0 Å². The molecular weight excluding hydrogens is 168 g/mol. The summed E-state index contributed by atoms with van der Waals surface area (Å²) < 4.78 is 17.7. The number of amides is 1. The molecule has 0 bridgehead atoms. The Morgan fingerprint density at radius 1 is 1.73 bits per heavy atom. The number of primary amides is 1. The average Bonchev–Trinajstić information content (AvgIpc) is 2.34. The number of carbonyl (C=O) groups excluding carboxylic acids is 1. The molecule has 5 nitrogen and oxygen atoms in total. The predicted molar refractivity (Wildman–Crippen MR) is 40.3 cm³/mol. The van der Waals surface area contributed by atoms with Crippen LogP contribution in [0, 0.1) is 0 Å². The van der Waals surface area contributed by atoms with Crippen molar-refractivity contribution < 1.29 is 13.6 Å². The number of nitrogens with zero attached hydrogens (tertiary/aromatic N) is 1. The Hall–Kier alpha value is -1.01. The normalized spacial score (nSPS) is 30.6. The van der Waals surface area contributed by atoms with E-state index in [4.69, 9.17) is 10.3 Å². The molecule has 0 spiro atoms. The lowest BCUT2D eigenvalue weighted by atomic mass is 10.1. The molecule has 0 aromatic carbocycles. The minimum absolute atomic E-state index is 0.879. The first-order chi connectivity index (χ1) is 5.09. The number of nitrogens with two attached hydrogens (primary N) is 1. The highest BCUT2D eigenvalue weighted by atomic mass is 32.2. The second-order valence-corrected chi connectivity index (χ2v) is 3.17. The third-order valence-electron chi connectivity index (χ3n) is 1.35. The molecule has 3 N–H and O–H groups in total. The third kappa shape index (κ3) is 1.10. The van der Waals surface area contributed by atoms with E-state index in [0.29, 0.717) is 0 Å². The molecule has 0 radical (unpaired) electrons. The molecule has 0 fully saturated rings. The zero-order valence-electron chi connectivity index (χ0n) is 5.43. The average molecular weight is 174 g/mol. The molecule has 0 saturated heterocycles. The third-order valence-corrected chi connectivity index (χ3v) is 2.37. The van der Waals surface area contributed by atoms with Gasteiger partial charge in [0.2, 0.25) is 10.7 Å². The quantitative estimate of drug-likeness (QED) is 0.527. The molecule has 2 unspecified atom stereocenters. The van der Waals surface area contributed by atoms with Crippen molar-refractivity contribution >= 4 is 23.2 Å². The van der Waals surface area contributed by atoms with Gasteiger partial charge in [0, 0.05) is 12.4 Å². The van der Waals surface area contributed by atoms with Crippen LogP contribution in [0.15, 0.2) is 17.3 Å². The van der Waals surface area contributed by atoms with Gasteiger partial charge in [0.05, 0.1) is 0 Å². The summed E-state index contributed by atoms with van der Waals surface area (Å²) in [6.45, 7) is 0. The van der Waals surface area contributed by atoms with Gasteiger partial charge in [-0.05, 0) is 6.08 Å². The van der Waals surface area contributed by atoms with Gasteiger partial charge in [0.15, 0.2) is 11.1 Å². The van der Waals surface area contributed by atoms with Gasteiger partial charge < -0.3 is 10.3 Å². The summed E-state index contributed by atoms with van der Waals surface area (Å²) in [7, 11) is 0. The molecule has 1 rings (SSSR count). The zero-order chi connectivity index (χ0) is 8.48. The minimum Gasteiger partial charge on any atom is -0.368 e. The van der Waals surface area contributed by atoms with Crippen LogP contribution >= 0.6 is 0 Å². The standard InChI is InChI=1S/C5H6N2O3S/c6-4(8)5(11(9)10)1-2-7-3-5/h1-3H,(H2,6,8)(H,9,10). The van der Waals surface area contributed by atoms with Gasteiger partial charge in [0.25, 0.3) is 0 Å². The molecular formula is C5H6N2O3S. The summed E-state index contributed by atoms with van der Waals surface area (Å²) in [5.74, 6) is -0.879. The SMILES string of the molecule is NC(=O)C1(S(=O)O)C=CN=C1. The van der Waals surface area contributed by atoms with E-state index in [2.05, 4.69) is 4.99 Å². The maximum absolute atomic E-state index is 10.7. The summed E-state index contributed by atoms with van der Waals surface area (Å²) in [6, 6.07) is 0. The Kier molecular flexibility index (Phi) is 1.88. The smallest absolute Gasteiger partial charge is 0.248 e. The Bertz CT molecular complexity index is 243. The van der Waals surface area contributed by atoms with Crippen molar-refractivity contribution in [3.8, 4) is 0 Å². The van der Waals surface area contributed by atoms with Gasteiger partial charge in [-0.3, -0.25) is 9.79 Å². The lowest BCUT2D eigenvalue weighted by Gasteiger charge is -2.13. The van der Waals surface area contributed by atoms with Crippen molar-refractivity contribution in [1.29, 1.82) is 0 Å². The van der Waals surface area contributed by atoms with E-state index in [0.717, 1.165) is 6.21 Å². The van der Waals surface area contributed by atoms with E-state index in [1.54, 1.807) is 0 Å². The Labute approximate surface area is 65.3 Å². The molecule has 60 valence electrons. The van der Waals surface area contributed by atoms with Crippen molar-refractivity contribution in [3.63, 3.8) is 0 Å². The molecule has 0 saturated carbocycles. The predicted octanol–water partition coefficient (Wildman–Crippen LogP) is -0.970. The first-order valence-electron chi connectivity index (χ1n) is 2.72. The Morgan fingerprint density at radius 3 is 2.55 bits per heavy atom. The second-order valence-electron chi connectivity index (χ2n) is 2.00. The van der Waals surface area contributed by atoms with Gasteiger partial charge in [-0.2, -0.15) is 0 Å². The summed E-state index contributed by atoms with van der Waals surface area (Å²) in [4.78, 5) is 14.2. The van der Waals surface area contributed by atoms with E-state index in [1.165, 1.54) is 12.3 Å². The molecule has 0 aromatic rings. The van der Waals surface area contributed by atoms with Gasteiger partial charge in [-0.25, -0.2) is 4.21 Å². The molecule has 0 aliphatic carbocycles. The number of hydrogen-bond acceptors (Lipinski definition) is 3. The summed E-state index contributed by atoms with van der Waals surface area (Å²) >= 11 is -2.34. The molecule has 0 aromatic heterocycles. The van der Waals surface area contributed by atoms with Crippen molar-refractivity contribution in [2.75, 3.05) is 0 Å². The first-order valence-corrected chi connectivity index (χ1v) is 3.83. The van der Waals surface area contributed by atoms with Gasteiger partial charge >= 0.3 is 0 Å². The first kappa shape index (κ1) is 8.09. The van der Waals surface area contributed by atoms with Crippen molar-refractivity contribution in [2.24, 2.45) is 10.7 Å². The molecule has 6 heteroatoms.